The van der Waals surface area contributed by atoms with Gasteiger partial charge in [0.25, 0.3) is 0 Å². The molecule has 1 atom stereocenters. The molecule has 1 aromatic rings. The number of rotatable bonds is 6. The van der Waals surface area contributed by atoms with Gasteiger partial charge in [-0.15, -0.1) is 0 Å². The van der Waals surface area contributed by atoms with E-state index in [0.29, 0.717) is 0 Å². The van der Waals surface area contributed by atoms with Crippen LogP contribution in [0.1, 0.15) is 45.0 Å². The molecule has 4 heteroatoms. The van der Waals surface area contributed by atoms with Crippen molar-refractivity contribution < 1.29 is 9.53 Å². The molecule has 0 saturated heterocycles. The number of methoxy groups -OCH3 is 1. The predicted octanol–water partition coefficient (Wildman–Crippen LogP) is 2.35. The van der Waals surface area contributed by atoms with Crippen LogP contribution in [0.15, 0.2) is 12.4 Å². The van der Waals surface area contributed by atoms with Gasteiger partial charge in [0.05, 0.1) is 7.11 Å². The van der Waals surface area contributed by atoms with Crippen molar-refractivity contribution in [3.8, 4) is 0 Å². The summed E-state index contributed by atoms with van der Waals surface area (Å²) in [5.41, 5.74) is 0. The molecule has 1 rings (SSSR count). The summed E-state index contributed by atoms with van der Waals surface area (Å²) < 4.78 is 6.78. The molecule has 0 radical (unpaired) electrons. The molecule has 0 amide bonds. The largest absolute Gasteiger partial charge is 0.467 e. The maximum atomic E-state index is 11.7. The van der Waals surface area contributed by atoms with Gasteiger partial charge >= 0.3 is 5.97 Å². The van der Waals surface area contributed by atoms with Crippen molar-refractivity contribution in [2.45, 2.75) is 45.6 Å². The molecule has 1 aromatic heterocycles. The highest BCUT2D eigenvalue weighted by Gasteiger charge is 2.22. The van der Waals surface area contributed by atoms with Gasteiger partial charge in [0, 0.05) is 18.8 Å². The predicted molar refractivity (Wildman–Crippen MR) is 62.2 cm³/mol. The number of aryl methyl sites for hydroxylation is 1. The molecule has 1 unspecified atom stereocenters. The molecule has 0 saturated carbocycles. The maximum Gasteiger partial charge on any atom is 0.328 e. The minimum absolute atomic E-state index is 0.179. The molecule has 0 N–H and O–H groups in total. The van der Waals surface area contributed by atoms with E-state index >= 15 is 0 Å². The number of imidazole rings is 1. The second-order valence-corrected chi connectivity index (χ2v) is 3.79. The quantitative estimate of drug-likeness (QED) is 0.697. The fourth-order valence-electron chi connectivity index (χ4n) is 1.81. The smallest absolute Gasteiger partial charge is 0.328 e. The highest BCUT2D eigenvalue weighted by atomic mass is 16.5. The monoisotopic (exact) mass is 224 g/mol. The first-order valence-electron chi connectivity index (χ1n) is 5.84. The molecule has 0 aliphatic heterocycles. The Hall–Kier alpha value is -1.32. The number of unbranched alkanes of at least 4 members (excludes halogenated alkanes) is 1. The summed E-state index contributed by atoms with van der Waals surface area (Å²) in [6.07, 6.45) is 7.32. The molecule has 0 aliphatic rings. The molecule has 16 heavy (non-hydrogen) atoms. The number of carbonyl (C=O) groups is 1. The van der Waals surface area contributed by atoms with Gasteiger partial charge in [0.15, 0.2) is 0 Å². The Bertz CT molecular complexity index is 334. The van der Waals surface area contributed by atoms with Gasteiger partial charge < -0.3 is 9.30 Å². The Morgan fingerprint density at radius 3 is 2.88 bits per heavy atom. The van der Waals surface area contributed by atoms with Crippen LogP contribution < -0.4 is 0 Å². The van der Waals surface area contributed by atoms with Crippen molar-refractivity contribution >= 4 is 5.97 Å². The topological polar surface area (TPSA) is 44.1 Å². The van der Waals surface area contributed by atoms with E-state index in [2.05, 4.69) is 11.9 Å². The average Bonchev–Trinajstić information content (AvgIpc) is 2.77. The normalized spacial score (nSPS) is 12.4. The summed E-state index contributed by atoms with van der Waals surface area (Å²) in [7, 11) is 1.43. The van der Waals surface area contributed by atoms with Gasteiger partial charge in [-0.1, -0.05) is 26.7 Å². The average molecular weight is 224 g/mol. The van der Waals surface area contributed by atoms with Gasteiger partial charge in [0.1, 0.15) is 11.9 Å². The Morgan fingerprint density at radius 1 is 1.56 bits per heavy atom. The van der Waals surface area contributed by atoms with Crippen LogP contribution in [0.4, 0.5) is 0 Å². The minimum atomic E-state index is -0.220. The number of hydrogen-bond acceptors (Lipinski definition) is 3. The first-order valence-corrected chi connectivity index (χ1v) is 5.84. The van der Waals surface area contributed by atoms with E-state index in [9.17, 15) is 4.79 Å². The number of carbonyl (C=O) groups excluding carboxylic acids is 1. The summed E-state index contributed by atoms with van der Waals surface area (Å²) in [6.45, 7) is 4.15. The zero-order valence-corrected chi connectivity index (χ0v) is 10.3. The van der Waals surface area contributed by atoms with Crippen LogP contribution in [-0.4, -0.2) is 22.6 Å². The summed E-state index contributed by atoms with van der Waals surface area (Å²) in [4.78, 5) is 15.9. The summed E-state index contributed by atoms with van der Waals surface area (Å²) in [6, 6.07) is -0.220. The summed E-state index contributed by atoms with van der Waals surface area (Å²) in [5, 5.41) is 0. The van der Waals surface area contributed by atoms with Crippen molar-refractivity contribution in [3.63, 3.8) is 0 Å². The first kappa shape index (κ1) is 12.7. The minimum Gasteiger partial charge on any atom is -0.467 e. The van der Waals surface area contributed by atoms with E-state index in [-0.39, 0.29) is 12.0 Å². The third-order valence-electron chi connectivity index (χ3n) is 2.71. The molecular weight excluding hydrogens is 204 g/mol. The number of nitrogens with zero attached hydrogens (tertiary/aromatic N) is 2. The van der Waals surface area contributed by atoms with Crippen molar-refractivity contribution in [1.82, 2.24) is 9.55 Å². The lowest BCUT2D eigenvalue weighted by molar-refractivity contribution is -0.144. The number of aromatic nitrogens is 2. The van der Waals surface area contributed by atoms with Crippen molar-refractivity contribution in [2.75, 3.05) is 7.11 Å². The van der Waals surface area contributed by atoms with Crippen LogP contribution in [0.3, 0.4) is 0 Å². The van der Waals surface area contributed by atoms with Crippen molar-refractivity contribution in [2.24, 2.45) is 0 Å². The molecular formula is C12H20N2O2. The molecule has 4 nitrogen and oxygen atoms in total. The summed E-state index contributed by atoms with van der Waals surface area (Å²) in [5.74, 6) is 0.757. The SMILES string of the molecule is CCCCC(C(=O)OC)n1ccnc1CC. The number of hydrogen-bond donors (Lipinski definition) is 0. The molecule has 0 aromatic carbocycles. The second kappa shape index (κ2) is 6.30. The van der Waals surface area contributed by atoms with Crippen LogP contribution in [-0.2, 0) is 16.0 Å². The standard InChI is InChI=1S/C12H20N2O2/c1-4-6-7-10(12(15)16-3)14-9-8-13-11(14)5-2/h8-10H,4-7H2,1-3H3. The molecule has 1 heterocycles. The van der Waals surface area contributed by atoms with E-state index in [1.807, 2.05) is 17.7 Å². The fraction of sp³-hybridized carbons (Fsp3) is 0.667. The van der Waals surface area contributed by atoms with E-state index in [0.717, 1.165) is 31.5 Å². The van der Waals surface area contributed by atoms with Crippen LogP contribution in [0.2, 0.25) is 0 Å². The molecule has 0 bridgehead atoms. The lowest BCUT2D eigenvalue weighted by Gasteiger charge is -2.17. The maximum absolute atomic E-state index is 11.7. The van der Waals surface area contributed by atoms with Crippen LogP contribution in [0.5, 0.6) is 0 Å². The highest BCUT2D eigenvalue weighted by Crippen LogP contribution is 2.19. The number of esters is 1. The van der Waals surface area contributed by atoms with E-state index < -0.39 is 0 Å². The lowest BCUT2D eigenvalue weighted by Crippen LogP contribution is -2.22. The zero-order chi connectivity index (χ0) is 12.0. The van der Waals surface area contributed by atoms with E-state index in [1.165, 1.54) is 7.11 Å². The Kier molecular flexibility index (Phi) is 5.02. The van der Waals surface area contributed by atoms with Crippen LogP contribution in [0, 0.1) is 0 Å². The Labute approximate surface area is 96.6 Å². The van der Waals surface area contributed by atoms with Gasteiger partial charge in [0.2, 0.25) is 0 Å². The Morgan fingerprint density at radius 2 is 2.31 bits per heavy atom. The fourth-order valence-corrected chi connectivity index (χ4v) is 1.81. The van der Waals surface area contributed by atoms with E-state index in [1.54, 1.807) is 6.20 Å². The van der Waals surface area contributed by atoms with Gasteiger partial charge in [-0.05, 0) is 6.42 Å². The summed E-state index contributed by atoms with van der Waals surface area (Å²) >= 11 is 0. The van der Waals surface area contributed by atoms with Crippen molar-refractivity contribution in [3.05, 3.63) is 18.2 Å². The molecule has 0 aliphatic carbocycles. The van der Waals surface area contributed by atoms with Crippen LogP contribution >= 0.6 is 0 Å². The van der Waals surface area contributed by atoms with E-state index in [4.69, 9.17) is 4.74 Å². The van der Waals surface area contributed by atoms with Gasteiger partial charge in [-0.25, -0.2) is 9.78 Å². The number of ether oxygens (including phenoxy) is 1. The van der Waals surface area contributed by atoms with Gasteiger partial charge in [-0.2, -0.15) is 0 Å². The van der Waals surface area contributed by atoms with Crippen LogP contribution in [0.25, 0.3) is 0 Å². The third kappa shape index (κ3) is 2.84. The lowest BCUT2D eigenvalue weighted by atomic mass is 10.1. The third-order valence-corrected chi connectivity index (χ3v) is 2.71. The first-order chi connectivity index (χ1) is 7.74. The molecule has 0 fully saturated rings. The van der Waals surface area contributed by atoms with Gasteiger partial charge in [-0.3, -0.25) is 0 Å². The Balaban J connectivity index is 2.87. The molecule has 0 spiro atoms. The van der Waals surface area contributed by atoms with Crippen molar-refractivity contribution in [1.29, 1.82) is 0 Å². The zero-order valence-electron chi connectivity index (χ0n) is 10.3. The second-order valence-electron chi connectivity index (χ2n) is 3.79. The molecule has 90 valence electrons. The highest BCUT2D eigenvalue weighted by molar-refractivity contribution is 5.74.